The summed E-state index contributed by atoms with van der Waals surface area (Å²) in [5.74, 6) is -1.37. The third kappa shape index (κ3) is 10.1. The number of alkyl carbamates (subject to hydrolysis) is 1. The van der Waals surface area contributed by atoms with Gasteiger partial charge >= 0.3 is 24.1 Å². The molecule has 10 heteroatoms. The number of esters is 2. The van der Waals surface area contributed by atoms with Gasteiger partial charge in [0, 0.05) is 6.54 Å². The number of unbranched alkanes of at least 4 members (excludes halogenated alkanes) is 1. The van der Waals surface area contributed by atoms with Gasteiger partial charge in [-0.2, -0.15) is 0 Å². The summed E-state index contributed by atoms with van der Waals surface area (Å²) in [5, 5.41) is 7.68. The Morgan fingerprint density at radius 3 is 2.16 bits per heavy atom. The number of methoxy groups -OCH3 is 2. The molecule has 0 saturated carbocycles. The van der Waals surface area contributed by atoms with Crippen molar-refractivity contribution in [1.29, 1.82) is 0 Å². The molecule has 0 heterocycles. The van der Waals surface area contributed by atoms with Crippen LogP contribution in [-0.4, -0.2) is 56.9 Å². The summed E-state index contributed by atoms with van der Waals surface area (Å²) in [6.45, 7) is 4.06. The molecule has 2 atom stereocenters. The molecular weight excluding hydrogens is 418 g/mol. The molecule has 0 spiro atoms. The van der Waals surface area contributed by atoms with E-state index in [1.165, 1.54) is 14.2 Å². The zero-order chi connectivity index (χ0) is 23.9. The molecule has 32 heavy (non-hydrogen) atoms. The fraction of sp³-hybridized carbons (Fsp3) is 0.545. The summed E-state index contributed by atoms with van der Waals surface area (Å²) in [5.41, 5.74) is 0.889. The van der Waals surface area contributed by atoms with Crippen LogP contribution in [0.3, 0.4) is 0 Å². The van der Waals surface area contributed by atoms with Gasteiger partial charge in [-0.05, 0) is 30.7 Å². The SMILES string of the molecule is COC(=O)[C@H](CCCCNC(=O)OCc1ccccc1)NC(=O)N[C@H](C(=O)OC)C(C)C. The first kappa shape index (κ1) is 26.7. The van der Waals surface area contributed by atoms with E-state index in [9.17, 15) is 19.2 Å². The zero-order valence-electron chi connectivity index (χ0n) is 19.0. The maximum atomic E-state index is 12.3. The first-order valence-electron chi connectivity index (χ1n) is 10.5. The molecule has 3 N–H and O–H groups in total. The van der Waals surface area contributed by atoms with Crippen LogP contribution in [-0.2, 0) is 30.4 Å². The van der Waals surface area contributed by atoms with E-state index >= 15 is 0 Å². The molecule has 0 unspecified atom stereocenters. The average Bonchev–Trinajstić information content (AvgIpc) is 2.79. The maximum absolute atomic E-state index is 12.3. The molecule has 0 aromatic heterocycles. The van der Waals surface area contributed by atoms with E-state index in [0.717, 1.165) is 5.56 Å². The van der Waals surface area contributed by atoms with E-state index in [2.05, 4.69) is 20.7 Å². The molecule has 1 aromatic carbocycles. The van der Waals surface area contributed by atoms with Gasteiger partial charge in [0.25, 0.3) is 0 Å². The summed E-state index contributed by atoms with van der Waals surface area (Å²) >= 11 is 0. The molecule has 1 rings (SSSR count). The lowest BCUT2D eigenvalue weighted by Gasteiger charge is -2.22. The number of carbonyl (C=O) groups excluding carboxylic acids is 4. The number of nitrogens with one attached hydrogen (secondary N) is 3. The van der Waals surface area contributed by atoms with Crippen molar-refractivity contribution in [2.45, 2.75) is 51.8 Å². The van der Waals surface area contributed by atoms with Crippen molar-refractivity contribution in [1.82, 2.24) is 16.0 Å². The van der Waals surface area contributed by atoms with Crippen LogP contribution < -0.4 is 16.0 Å². The molecule has 178 valence electrons. The van der Waals surface area contributed by atoms with Crippen LogP contribution in [0.5, 0.6) is 0 Å². The molecule has 0 saturated heterocycles. The van der Waals surface area contributed by atoms with Crippen LogP contribution >= 0.6 is 0 Å². The van der Waals surface area contributed by atoms with Crippen molar-refractivity contribution in [2.24, 2.45) is 5.92 Å². The number of benzene rings is 1. The van der Waals surface area contributed by atoms with Gasteiger partial charge in [0.05, 0.1) is 14.2 Å². The lowest BCUT2D eigenvalue weighted by Crippen LogP contribution is -2.53. The number of amides is 3. The number of urea groups is 1. The lowest BCUT2D eigenvalue weighted by molar-refractivity contribution is -0.144. The quantitative estimate of drug-likeness (QED) is 0.252. The molecule has 0 aliphatic rings. The fourth-order valence-electron chi connectivity index (χ4n) is 2.80. The number of hydrogen-bond donors (Lipinski definition) is 3. The lowest BCUT2D eigenvalue weighted by atomic mass is 10.1. The third-order valence-electron chi connectivity index (χ3n) is 4.60. The standard InChI is InChI=1S/C22H33N3O7/c1-15(2)18(20(27)31-4)25-21(28)24-17(19(26)30-3)12-8-9-13-23-22(29)32-14-16-10-6-5-7-11-16/h5-7,10-11,15,17-18H,8-9,12-14H2,1-4H3,(H,23,29)(H2,24,25,28)/t17-,18-/m0/s1. The first-order chi connectivity index (χ1) is 15.3. The second-order valence-corrected chi connectivity index (χ2v) is 7.42. The van der Waals surface area contributed by atoms with Gasteiger partial charge < -0.3 is 30.2 Å². The van der Waals surface area contributed by atoms with Crippen molar-refractivity contribution >= 4 is 24.1 Å². The third-order valence-corrected chi connectivity index (χ3v) is 4.60. The van der Waals surface area contributed by atoms with Crippen molar-refractivity contribution in [2.75, 3.05) is 20.8 Å². The summed E-state index contributed by atoms with van der Waals surface area (Å²) in [7, 11) is 2.46. The van der Waals surface area contributed by atoms with Gasteiger partial charge in [-0.15, -0.1) is 0 Å². The Bertz CT molecular complexity index is 740. The van der Waals surface area contributed by atoms with Gasteiger partial charge in [-0.25, -0.2) is 19.2 Å². The Morgan fingerprint density at radius 1 is 0.906 bits per heavy atom. The second-order valence-electron chi connectivity index (χ2n) is 7.42. The minimum Gasteiger partial charge on any atom is -0.467 e. The summed E-state index contributed by atoms with van der Waals surface area (Å²) in [6.07, 6.45) is 0.863. The summed E-state index contributed by atoms with van der Waals surface area (Å²) in [6, 6.07) is 6.91. The maximum Gasteiger partial charge on any atom is 0.407 e. The molecular formula is C22H33N3O7. The molecule has 0 fully saturated rings. The Kier molecular flexibility index (Phi) is 12.2. The van der Waals surface area contributed by atoms with E-state index < -0.39 is 36.1 Å². The molecule has 0 aliphatic heterocycles. The molecule has 10 nitrogen and oxygen atoms in total. The van der Waals surface area contributed by atoms with Gasteiger partial charge in [0.2, 0.25) is 0 Å². The van der Waals surface area contributed by atoms with E-state index in [1.807, 2.05) is 30.3 Å². The van der Waals surface area contributed by atoms with Crippen LogP contribution in [0.1, 0.15) is 38.7 Å². The van der Waals surface area contributed by atoms with Crippen LogP contribution in [0, 0.1) is 5.92 Å². The van der Waals surface area contributed by atoms with Gasteiger partial charge in [-0.3, -0.25) is 0 Å². The summed E-state index contributed by atoms with van der Waals surface area (Å²) < 4.78 is 14.5. The molecule has 3 amide bonds. The summed E-state index contributed by atoms with van der Waals surface area (Å²) in [4.78, 5) is 47.8. The number of hydrogen-bond acceptors (Lipinski definition) is 7. The Balaban J connectivity index is 2.38. The van der Waals surface area contributed by atoms with Crippen LogP contribution in [0.4, 0.5) is 9.59 Å². The minimum atomic E-state index is -0.893. The number of carbonyl (C=O) groups is 4. The highest BCUT2D eigenvalue weighted by molar-refractivity contribution is 5.87. The van der Waals surface area contributed by atoms with Crippen LogP contribution in [0.15, 0.2) is 30.3 Å². The Labute approximate surface area is 188 Å². The smallest absolute Gasteiger partial charge is 0.407 e. The molecule has 0 bridgehead atoms. The molecule has 0 aliphatic carbocycles. The Morgan fingerprint density at radius 2 is 1.56 bits per heavy atom. The highest BCUT2D eigenvalue weighted by Crippen LogP contribution is 2.06. The van der Waals surface area contributed by atoms with E-state index in [-0.39, 0.29) is 12.5 Å². The van der Waals surface area contributed by atoms with Crippen molar-refractivity contribution in [3.63, 3.8) is 0 Å². The first-order valence-corrected chi connectivity index (χ1v) is 10.5. The monoisotopic (exact) mass is 451 g/mol. The van der Waals surface area contributed by atoms with Gasteiger partial charge in [0.1, 0.15) is 18.7 Å². The van der Waals surface area contributed by atoms with Crippen molar-refractivity contribution in [3.8, 4) is 0 Å². The van der Waals surface area contributed by atoms with Gasteiger partial charge in [-0.1, -0.05) is 44.2 Å². The normalized spacial score (nSPS) is 12.3. The van der Waals surface area contributed by atoms with Crippen molar-refractivity contribution < 1.29 is 33.4 Å². The predicted octanol–water partition coefficient (Wildman–Crippen LogP) is 2.12. The highest BCUT2D eigenvalue weighted by atomic mass is 16.5. The second kappa shape index (κ2) is 14.7. The highest BCUT2D eigenvalue weighted by Gasteiger charge is 2.27. The van der Waals surface area contributed by atoms with Crippen molar-refractivity contribution in [3.05, 3.63) is 35.9 Å². The fourth-order valence-corrected chi connectivity index (χ4v) is 2.80. The van der Waals surface area contributed by atoms with Crippen LogP contribution in [0.25, 0.3) is 0 Å². The minimum absolute atomic E-state index is 0.180. The van der Waals surface area contributed by atoms with Crippen LogP contribution in [0.2, 0.25) is 0 Å². The van der Waals surface area contributed by atoms with Gasteiger partial charge in [0.15, 0.2) is 0 Å². The topological polar surface area (TPSA) is 132 Å². The Hall–Kier alpha value is -3.30. The largest absolute Gasteiger partial charge is 0.467 e. The zero-order valence-corrected chi connectivity index (χ0v) is 19.0. The van der Waals surface area contributed by atoms with E-state index in [1.54, 1.807) is 13.8 Å². The average molecular weight is 452 g/mol. The number of ether oxygens (including phenoxy) is 3. The number of rotatable bonds is 12. The van der Waals surface area contributed by atoms with E-state index in [4.69, 9.17) is 9.47 Å². The van der Waals surface area contributed by atoms with E-state index in [0.29, 0.717) is 25.8 Å². The molecule has 0 radical (unpaired) electrons. The molecule has 1 aromatic rings. The predicted molar refractivity (Wildman–Crippen MR) is 117 cm³/mol.